The van der Waals surface area contributed by atoms with Gasteiger partial charge < -0.3 is 77.0 Å². The van der Waals surface area contributed by atoms with Gasteiger partial charge in [0.15, 0.2) is 0 Å². The lowest BCUT2D eigenvalue weighted by Crippen LogP contribution is -2.57. The van der Waals surface area contributed by atoms with E-state index >= 15 is 0 Å². The minimum absolute atomic E-state index is 0.0348. The van der Waals surface area contributed by atoms with E-state index in [2.05, 4.69) is 20.9 Å². The number of hydrogen-bond donors (Lipinski definition) is 14. The van der Waals surface area contributed by atoms with Crippen molar-refractivity contribution in [2.24, 2.45) is 0 Å². The highest BCUT2D eigenvalue weighted by Gasteiger charge is 2.35. The fraction of sp³-hybridized carbons (Fsp3) is 0.730. The zero-order valence-corrected chi connectivity index (χ0v) is 33.7. The number of amides is 3. The van der Waals surface area contributed by atoms with E-state index in [9.17, 15) is 80.1 Å². The molecule has 0 saturated heterocycles. The van der Waals surface area contributed by atoms with Crippen LogP contribution in [0.15, 0.2) is 18.2 Å². The number of aliphatic hydroxyl groups is 9. The van der Waals surface area contributed by atoms with E-state index in [0.29, 0.717) is 11.4 Å². The molecule has 14 N–H and O–H groups in total. The van der Waals surface area contributed by atoms with Crippen LogP contribution in [-0.4, -0.2) is 226 Å². The third kappa shape index (κ3) is 15.8. The van der Waals surface area contributed by atoms with Crippen molar-refractivity contribution in [1.29, 1.82) is 0 Å². The van der Waals surface area contributed by atoms with Crippen molar-refractivity contribution in [3.05, 3.63) is 29.6 Å². The monoisotopic (exact) mass is 861 g/mol. The Balaban J connectivity index is 2.45. The van der Waals surface area contributed by atoms with E-state index in [1.807, 2.05) is 4.90 Å². The number of fused-ring (bicyclic) bond motifs is 2. The van der Waals surface area contributed by atoms with Crippen LogP contribution in [0.3, 0.4) is 0 Å². The molecule has 2 unspecified atom stereocenters. The number of aliphatic carboxylic acids is 2. The minimum atomic E-state index is -1.72. The Labute approximate surface area is 347 Å². The van der Waals surface area contributed by atoms with Crippen LogP contribution in [0.5, 0.6) is 0 Å². The fourth-order valence-corrected chi connectivity index (χ4v) is 6.49. The Morgan fingerprint density at radius 3 is 1.20 bits per heavy atom. The molecular weight excluding hydrogens is 798 g/mol. The first-order valence-electron chi connectivity index (χ1n) is 19.6. The first-order valence-corrected chi connectivity index (χ1v) is 19.6. The van der Waals surface area contributed by atoms with Gasteiger partial charge in [-0.1, -0.05) is 6.07 Å². The number of hydrogen-bond acceptors (Lipinski definition) is 18. The van der Waals surface area contributed by atoms with Gasteiger partial charge in [-0.25, -0.2) is 0 Å². The van der Waals surface area contributed by atoms with E-state index < -0.39 is 118 Å². The third-order valence-electron chi connectivity index (χ3n) is 10.6. The molecule has 0 saturated carbocycles. The van der Waals surface area contributed by atoms with Crippen molar-refractivity contribution >= 4 is 29.7 Å². The average Bonchev–Trinajstić information content (AvgIpc) is 3.24. The number of nitrogens with zero attached hydrogens (tertiary/aromatic N) is 4. The standard InChI is InChI=1S/C37H63N7O16/c45-17-35(18-46,19-47)39-30(54)5-2-10-42-11-13-43(28(33(57)58)6-8-31(55)40-36(20-48,21-49)22-50)15-26-3-1-4-27(38-26)16-44(14-12-42)29(34(59)60)7-9-32(56)41-37(23-51,24-52)25-53/h1,3-4,28-29,45-53H,2,5-25H2,(H,39,54)(H,40,55)(H,41,56)(H,57,58)(H,59,60). The minimum Gasteiger partial charge on any atom is -0.480 e. The number of carboxylic acids is 2. The van der Waals surface area contributed by atoms with Crippen LogP contribution in [0.1, 0.15) is 49.9 Å². The van der Waals surface area contributed by atoms with Gasteiger partial charge in [0.25, 0.3) is 0 Å². The number of pyridine rings is 1. The fourth-order valence-electron chi connectivity index (χ4n) is 6.49. The molecular formula is C37H63N7O16. The second kappa shape index (κ2) is 25.7. The Hall–Kier alpha value is -3.98. The zero-order chi connectivity index (χ0) is 44.9. The molecule has 23 nitrogen and oxygen atoms in total. The zero-order valence-electron chi connectivity index (χ0n) is 33.7. The molecule has 0 spiro atoms. The SMILES string of the molecule is O=C(CCCN1CCN(C(CCC(=O)NC(CO)(CO)CO)C(=O)O)Cc2cccc(n2)CN(C(CCC(=O)NC(CO)(CO)CO)C(=O)O)CC1)NC(CO)(CO)CO. The summed E-state index contributed by atoms with van der Waals surface area (Å²) >= 11 is 0. The number of carbonyl (C=O) groups excluding carboxylic acids is 3. The first kappa shape index (κ1) is 52.2. The topological polar surface area (TPSA) is 367 Å². The number of rotatable bonds is 26. The summed E-state index contributed by atoms with van der Waals surface area (Å²) in [5.41, 5.74) is -4.26. The van der Waals surface area contributed by atoms with Crippen LogP contribution in [0, 0.1) is 0 Å². The second-order valence-corrected chi connectivity index (χ2v) is 15.2. The van der Waals surface area contributed by atoms with Gasteiger partial charge in [-0.2, -0.15) is 0 Å². The Kier molecular flexibility index (Phi) is 22.4. The summed E-state index contributed by atoms with van der Waals surface area (Å²) in [6.45, 7) is -6.22. The summed E-state index contributed by atoms with van der Waals surface area (Å²) in [7, 11) is 0. The molecule has 2 atom stereocenters. The number of nitrogens with one attached hydrogen (secondary N) is 3. The molecule has 1 aliphatic heterocycles. The van der Waals surface area contributed by atoms with Gasteiger partial charge >= 0.3 is 11.9 Å². The molecule has 1 aromatic rings. The lowest BCUT2D eigenvalue weighted by Gasteiger charge is -2.35. The number of aromatic nitrogens is 1. The maximum Gasteiger partial charge on any atom is 0.320 e. The third-order valence-corrected chi connectivity index (χ3v) is 10.6. The molecule has 0 aromatic carbocycles. The second-order valence-electron chi connectivity index (χ2n) is 15.2. The lowest BCUT2D eigenvalue weighted by molar-refractivity contribution is -0.145. The van der Waals surface area contributed by atoms with Crippen LogP contribution >= 0.6 is 0 Å². The summed E-state index contributed by atoms with van der Waals surface area (Å²) in [6.07, 6.45) is -1.08. The largest absolute Gasteiger partial charge is 0.480 e. The number of carbonyl (C=O) groups is 5. The van der Waals surface area contributed by atoms with Crippen molar-refractivity contribution in [3.8, 4) is 0 Å². The number of aliphatic hydroxyl groups excluding tert-OH is 9. The lowest BCUT2D eigenvalue weighted by atomic mass is 10.0. The van der Waals surface area contributed by atoms with E-state index in [0.717, 1.165) is 0 Å². The van der Waals surface area contributed by atoms with Gasteiger partial charge in [-0.05, 0) is 37.9 Å². The summed E-state index contributed by atoms with van der Waals surface area (Å²) in [5.74, 6) is -4.55. The summed E-state index contributed by atoms with van der Waals surface area (Å²) < 4.78 is 0. The van der Waals surface area contributed by atoms with Gasteiger partial charge in [0.05, 0.1) is 70.8 Å². The highest BCUT2D eigenvalue weighted by molar-refractivity contribution is 5.80. The molecule has 2 rings (SSSR count). The Bertz CT molecular complexity index is 1400. The molecule has 1 aliphatic rings. The molecule has 1 aromatic heterocycles. The molecule has 0 radical (unpaired) electrons. The smallest absolute Gasteiger partial charge is 0.320 e. The quantitative estimate of drug-likeness (QED) is 0.0412. The van der Waals surface area contributed by atoms with Crippen LogP contribution in [0.2, 0.25) is 0 Å². The van der Waals surface area contributed by atoms with E-state index in [1.54, 1.807) is 28.0 Å². The van der Waals surface area contributed by atoms with Gasteiger partial charge in [0.2, 0.25) is 17.7 Å². The molecule has 2 heterocycles. The van der Waals surface area contributed by atoms with Crippen LogP contribution in [0.4, 0.5) is 0 Å². The van der Waals surface area contributed by atoms with E-state index in [4.69, 9.17) is 0 Å². The molecule has 60 heavy (non-hydrogen) atoms. The maximum absolute atomic E-state index is 12.8. The summed E-state index contributed by atoms with van der Waals surface area (Å²) in [4.78, 5) is 73.7. The predicted molar refractivity (Wildman–Crippen MR) is 208 cm³/mol. The van der Waals surface area contributed by atoms with Crippen molar-refractivity contribution in [2.75, 3.05) is 92.2 Å². The average molecular weight is 862 g/mol. The Morgan fingerprint density at radius 1 is 0.550 bits per heavy atom. The van der Waals surface area contributed by atoms with E-state index in [1.165, 1.54) is 0 Å². The Morgan fingerprint density at radius 2 is 0.883 bits per heavy atom. The highest BCUT2D eigenvalue weighted by atomic mass is 16.4. The molecule has 3 amide bonds. The van der Waals surface area contributed by atoms with Crippen LogP contribution in [-0.2, 0) is 37.1 Å². The first-order chi connectivity index (χ1) is 28.6. The van der Waals surface area contributed by atoms with Gasteiger partial charge in [0.1, 0.15) is 28.7 Å². The van der Waals surface area contributed by atoms with Crippen molar-refractivity contribution in [3.63, 3.8) is 0 Å². The van der Waals surface area contributed by atoms with Crippen LogP contribution in [0.25, 0.3) is 0 Å². The molecule has 0 aliphatic carbocycles. The van der Waals surface area contributed by atoms with Crippen molar-refractivity contribution in [1.82, 2.24) is 35.6 Å². The molecule has 342 valence electrons. The van der Waals surface area contributed by atoms with Crippen molar-refractivity contribution in [2.45, 2.75) is 80.3 Å². The van der Waals surface area contributed by atoms with Gasteiger partial charge in [-0.3, -0.25) is 38.8 Å². The van der Waals surface area contributed by atoms with Crippen LogP contribution < -0.4 is 16.0 Å². The molecule has 2 bridgehead atoms. The van der Waals surface area contributed by atoms with Crippen molar-refractivity contribution < 1.29 is 80.1 Å². The summed E-state index contributed by atoms with van der Waals surface area (Å²) in [5, 5.41) is 115. The normalized spacial score (nSPS) is 16.2. The predicted octanol–water partition coefficient (Wildman–Crippen LogP) is -6.26. The van der Waals surface area contributed by atoms with Gasteiger partial charge in [-0.15, -0.1) is 0 Å². The highest BCUT2D eigenvalue weighted by Crippen LogP contribution is 2.19. The summed E-state index contributed by atoms with van der Waals surface area (Å²) in [6, 6.07) is 2.44. The molecule has 0 fully saturated rings. The maximum atomic E-state index is 12.8. The number of carboxylic acid groups (broad SMARTS) is 2. The van der Waals surface area contributed by atoms with Gasteiger partial charge in [0, 0.05) is 58.5 Å². The van der Waals surface area contributed by atoms with E-state index in [-0.39, 0.29) is 84.3 Å². The molecule has 23 heteroatoms.